The average molecular weight is 673 g/mol. The molecule has 0 spiro atoms. The predicted molar refractivity (Wildman–Crippen MR) is 225 cm³/mol. The maximum atomic E-state index is 4.27. The zero-order valence-electron chi connectivity index (χ0n) is 30.2. The maximum Gasteiger partial charge on any atom is 0.0490 e. The van der Waals surface area contributed by atoms with E-state index >= 15 is 0 Å². The van der Waals surface area contributed by atoms with Crippen LogP contribution in [0.5, 0.6) is 0 Å². The fraction of sp³-hybridized carbons (Fsp3) is 0.0800. The number of anilines is 6. The van der Waals surface area contributed by atoms with Crippen LogP contribution >= 0.6 is 0 Å². The number of rotatable bonds is 11. The molecule has 0 saturated heterocycles. The van der Waals surface area contributed by atoms with Gasteiger partial charge in [-0.2, -0.15) is 0 Å². The Labute approximate surface area is 309 Å². The third-order valence-corrected chi connectivity index (χ3v) is 9.35. The molecule has 0 fully saturated rings. The molecule has 0 atom stereocenters. The summed E-state index contributed by atoms with van der Waals surface area (Å²) < 4.78 is 0. The van der Waals surface area contributed by atoms with Crippen molar-refractivity contribution in [3.63, 3.8) is 0 Å². The first-order chi connectivity index (χ1) is 25.4. The third-order valence-electron chi connectivity index (χ3n) is 9.35. The van der Waals surface area contributed by atoms with Gasteiger partial charge >= 0.3 is 0 Å². The van der Waals surface area contributed by atoms with Gasteiger partial charge in [-0.05, 0) is 133 Å². The Morgan fingerprint density at radius 3 is 1.65 bits per heavy atom. The van der Waals surface area contributed by atoms with Crippen molar-refractivity contribution < 1.29 is 0 Å². The molecule has 7 rings (SSSR count). The predicted octanol–water partition coefficient (Wildman–Crippen LogP) is 14.2. The second kappa shape index (κ2) is 15.7. The third kappa shape index (κ3) is 7.83. The number of aryl methyl sites for hydroxylation is 2. The molecule has 7 aromatic rings. The lowest BCUT2D eigenvalue weighted by Crippen LogP contribution is -2.12. The summed E-state index contributed by atoms with van der Waals surface area (Å²) in [6.07, 6.45) is 5.25. The van der Waals surface area contributed by atoms with Crippen LogP contribution in [-0.2, 0) is 6.42 Å². The lowest BCUT2D eigenvalue weighted by molar-refractivity contribution is 1.14. The molecule has 0 amide bonds. The molecule has 0 heterocycles. The molecular formula is C50H44N2. The van der Waals surface area contributed by atoms with Crippen molar-refractivity contribution in [1.29, 1.82) is 0 Å². The van der Waals surface area contributed by atoms with E-state index < -0.39 is 0 Å². The minimum Gasteiger partial charge on any atom is -0.311 e. The van der Waals surface area contributed by atoms with Gasteiger partial charge in [0.1, 0.15) is 0 Å². The van der Waals surface area contributed by atoms with Crippen LogP contribution in [0, 0.1) is 13.8 Å². The largest absolute Gasteiger partial charge is 0.311 e. The van der Waals surface area contributed by atoms with E-state index in [9.17, 15) is 0 Å². The number of nitrogens with zero attached hydrogens (tertiary/aromatic N) is 2. The smallest absolute Gasteiger partial charge is 0.0490 e. The van der Waals surface area contributed by atoms with Crippen molar-refractivity contribution in [2.24, 2.45) is 0 Å². The van der Waals surface area contributed by atoms with Crippen molar-refractivity contribution >= 4 is 46.3 Å². The van der Waals surface area contributed by atoms with Gasteiger partial charge in [-0.1, -0.05) is 133 Å². The van der Waals surface area contributed by atoms with E-state index in [1.54, 1.807) is 0 Å². The van der Waals surface area contributed by atoms with Gasteiger partial charge in [0.15, 0.2) is 0 Å². The van der Waals surface area contributed by atoms with Crippen molar-refractivity contribution in [2.75, 3.05) is 9.80 Å². The fourth-order valence-electron chi connectivity index (χ4n) is 6.76. The highest BCUT2D eigenvalue weighted by atomic mass is 15.1. The zero-order valence-corrected chi connectivity index (χ0v) is 30.2. The number of benzene rings is 7. The van der Waals surface area contributed by atoms with Crippen LogP contribution in [0.15, 0.2) is 188 Å². The molecule has 0 saturated carbocycles. The Morgan fingerprint density at radius 1 is 0.500 bits per heavy atom. The minimum absolute atomic E-state index is 0.809. The van der Waals surface area contributed by atoms with Gasteiger partial charge in [0, 0.05) is 34.1 Å². The average Bonchev–Trinajstić information content (AvgIpc) is 3.17. The van der Waals surface area contributed by atoms with Crippen molar-refractivity contribution in [2.45, 2.75) is 27.2 Å². The molecule has 2 heteroatoms. The fourth-order valence-corrected chi connectivity index (χ4v) is 6.76. The molecule has 0 aliphatic rings. The maximum absolute atomic E-state index is 4.27. The van der Waals surface area contributed by atoms with E-state index in [0.717, 1.165) is 46.0 Å². The summed E-state index contributed by atoms with van der Waals surface area (Å²) in [5, 5.41) is 0. The second-order valence-corrected chi connectivity index (χ2v) is 13.5. The Bertz CT molecular complexity index is 2260. The normalized spacial score (nSPS) is 11.1. The Balaban J connectivity index is 1.14. The van der Waals surface area contributed by atoms with Gasteiger partial charge in [-0.15, -0.1) is 0 Å². The molecule has 0 aliphatic heterocycles. The van der Waals surface area contributed by atoms with Gasteiger partial charge in [-0.3, -0.25) is 0 Å². The van der Waals surface area contributed by atoms with Crippen LogP contribution in [-0.4, -0.2) is 0 Å². The summed E-state index contributed by atoms with van der Waals surface area (Å²) in [5.74, 6) is 0. The van der Waals surface area contributed by atoms with Gasteiger partial charge in [0.05, 0.1) is 0 Å². The summed E-state index contributed by atoms with van der Waals surface area (Å²) in [5.41, 5.74) is 16.4. The number of para-hydroxylation sites is 3. The Morgan fingerprint density at radius 2 is 1.04 bits per heavy atom. The van der Waals surface area contributed by atoms with Crippen molar-refractivity contribution in [3.05, 3.63) is 216 Å². The topological polar surface area (TPSA) is 6.48 Å². The van der Waals surface area contributed by atoms with Crippen molar-refractivity contribution in [3.8, 4) is 11.1 Å². The van der Waals surface area contributed by atoms with Crippen LogP contribution in [0.25, 0.3) is 23.3 Å². The van der Waals surface area contributed by atoms with Crippen LogP contribution in [0.4, 0.5) is 34.1 Å². The molecule has 0 aliphatic carbocycles. The number of hydrogen-bond donors (Lipinski definition) is 0. The first-order valence-electron chi connectivity index (χ1n) is 17.9. The molecule has 52 heavy (non-hydrogen) atoms. The molecule has 254 valence electrons. The number of allylic oxidation sites excluding steroid dienone is 1. The minimum atomic E-state index is 0.809. The van der Waals surface area contributed by atoms with E-state index in [0.29, 0.717) is 0 Å². The summed E-state index contributed by atoms with van der Waals surface area (Å²) in [7, 11) is 0. The standard InChI is InChI=1S/C50H44N2/c1-37(2)34-44-36-49(52(48-20-13-14-38(3)35-48)50-21-12-11-15-39(50)4)33-30-43(44)27-24-40-22-25-41(26-23-40)42-28-31-47(32-29-42)51(45-16-7-5-8-17-45)46-18-9-6-10-19-46/h5-33,35-36H,1,34H2,2-4H3. The molecule has 0 N–H and O–H groups in total. The van der Waals surface area contributed by atoms with E-state index in [4.69, 9.17) is 0 Å². The van der Waals surface area contributed by atoms with Gasteiger partial charge in [0.25, 0.3) is 0 Å². The van der Waals surface area contributed by atoms with Crippen LogP contribution in [0.2, 0.25) is 0 Å². The summed E-state index contributed by atoms with van der Waals surface area (Å²) in [6.45, 7) is 10.7. The molecule has 2 nitrogen and oxygen atoms in total. The molecule has 0 unspecified atom stereocenters. The summed E-state index contributed by atoms with van der Waals surface area (Å²) in [6, 6.07) is 62.8. The molecular weight excluding hydrogens is 629 g/mol. The van der Waals surface area contributed by atoms with Crippen LogP contribution in [0.1, 0.15) is 34.7 Å². The molecule has 0 aromatic heterocycles. The second-order valence-electron chi connectivity index (χ2n) is 13.5. The van der Waals surface area contributed by atoms with Gasteiger partial charge in [0.2, 0.25) is 0 Å². The van der Waals surface area contributed by atoms with Gasteiger partial charge in [-0.25, -0.2) is 0 Å². The lowest BCUT2D eigenvalue weighted by atomic mass is 9.98. The molecule has 7 aromatic carbocycles. The zero-order chi connectivity index (χ0) is 35.9. The van der Waals surface area contributed by atoms with E-state index in [1.165, 1.54) is 39.1 Å². The Hall–Kier alpha value is -6.38. The number of hydrogen-bond acceptors (Lipinski definition) is 2. The Kier molecular flexibility index (Phi) is 10.3. The van der Waals surface area contributed by atoms with Crippen molar-refractivity contribution in [1.82, 2.24) is 0 Å². The van der Waals surface area contributed by atoms with E-state index in [1.807, 2.05) is 0 Å². The summed E-state index contributed by atoms with van der Waals surface area (Å²) >= 11 is 0. The molecule has 0 radical (unpaired) electrons. The highest BCUT2D eigenvalue weighted by Crippen LogP contribution is 2.39. The molecule has 0 bridgehead atoms. The SMILES string of the molecule is C=C(C)Cc1cc(N(c2cccc(C)c2)c2ccccc2C)ccc1C=Cc1ccc(-c2ccc(N(c3ccccc3)c3ccccc3)cc2)cc1. The van der Waals surface area contributed by atoms with Crippen LogP contribution < -0.4 is 9.80 Å². The first kappa shape index (κ1) is 34.1. The van der Waals surface area contributed by atoms with Gasteiger partial charge < -0.3 is 9.80 Å². The lowest BCUT2D eigenvalue weighted by Gasteiger charge is -2.28. The first-order valence-corrected chi connectivity index (χ1v) is 17.9. The highest BCUT2D eigenvalue weighted by Gasteiger charge is 2.16. The monoisotopic (exact) mass is 672 g/mol. The van der Waals surface area contributed by atoms with Crippen LogP contribution in [0.3, 0.4) is 0 Å². The quantitative estimate of drug-likeness (QED) is 0.0997. The highest BCUT2D eigenvalue weighted by molar-refractivity contribution is 5.82. The summed E-state index contributed by atoms with van der Waals surface area (Å²) in [4.78, 5) is 4.65. The van der Waals surface area contributed by atoms with E-state index in [-0.39, 0.29) is 0 Å². The van der Waals surface area contributed by atoms with E-state index in [2.05, 4.69) is 225 Å².